The maximum Gasteiger partial charge on any atom is 0.406 e. The zero-order chi connectivity index (χ0) is 12.6. The molecule has 0 N–H and O–H groups in total. The minimum Gasteiger partial charge on any atom is -0.333 e. The van der Waals surface area contributed by atoms with Crippen LogP contribution < -0.4 is 0 Å². The summed E-state index contributed by atoms with van der Waals surface area (Å²) in [4.78, 5) is 12.4. The monoisotopic (exact) mass is 303 g/mol. The van der Waals surface area contributed by atoms with Crippen LogP contribution in [0, 0.1) is 0 Å². The lowest BCUT2D eigenvalue weighted by Gasteiger charge is -2.23. The number of rotatable bonds is 7. The van der Waals surface area contributed by atoms with Crippen molar-refractivity contribution in [3.05, 3.63) is 0 Å². The summed E-state index contributed by atoms with van der Waals surface area (Å²) in [7, 11) is 0. The number of carbonyl (C=O) groups excluding carboxylic acids is 1. The van der Waals surface area contributed by atoms with Crippen LogP contribution in [-0.4, -0.2) is 35.4 Å². The number of carbonyl (C=O) groups is 1. The lowest BCUT2D eigenvalue weighted by Crippen LogP contribution is -2.40. The van der Waals surface area contributed by atoms with Crippen molar-refractivity contribution in [1.82, 2.24) is 4.90 Å². The molecule has 0 heterocycles. The summed E-state index contributed by atoms with van der Waals surface area (Å²) in [5, 5.41) is 0.364. The van der Waals surface area contributed by atoms with Gasteiger partial charge in [-0.15, -0.1) is 0 Å². The van der Waals surface area contributed by atoms with Gasteiger partial charge in [-0.3, -0.25) is 4.79 Å². The van der Waals surface area contributed by atoms with Gasteiger partial charge in [-0.25, -0.2) is 0 Å². The fraction of sp³-hybridized carbons (Fsp3) is 0.900. The average Bonchev–Trinajstić information content (AvgIpc) is 2.15. The first kappa shape index (κ1) is 15.7. The quantitative estimate of drug-likeness (QED) is 0.522. The van der Waals surface area contributed by atoms with Crippen molar-refractivity contribution in [3.8, 4) is 0 Å². The maximum absolute atomic E-state index is 12.2. The molecular formula is C10H17BrF3NO. The smallest absolute Gasteiger partial charge is 0.333 e. The normalized spacial score (nSPS) is 11.6. The van der Waals surface area contributed by atoms with E-state index in [1.165, 1.54) is 0 Å². The van der Waals surface area contributed by atoms with Gasteiger partial charge in [0.25, 0.3) is 0 Å². The van der Waals surface area contributed by atoms with E-state index >= 15 is 0 Å². The largest absolute Gasteiger partial charge is 0.406 e. The molecule has 0 unspecified atom stereocenters. The summed E-state index contributed by atoms with van der Waals surface area (Å²) in [6.45, 7) is 0.935. The van der Waals surface area contributed by atoms with Crippen LogP contribution >= 0.6 is 15.9 Å². The Bertz CT molecular complexity index is 209. The van der Waals surface area contributed by atoms with E-state index in [0.717, 1.165) is 17.7 Å². The van der Waals surface area contributed by atoms with Crippen molar-refractivity contribution in [1.29, 1.82) is 0 Å². The van der Waals surface area contributed by atoms with Crippen LogP contribution in [0.4, 0.5) is 13.2 Å². The molecular weight excluding hydrogens is 287 g/mol. The molecule has 16 heavy (non-hydrogen) atoms. The van der Waals surface area contributed by atoms with Crippen LogP contribution in [0.25, 0.3) is 0 Å². The predicted octanol–water partition coefficient (Wildman–Crippen LogP) is 3.35. The molecule has 0 rings (SSSR count). The highest BCUT2D eigenvalue weighted by Gasteiger charge is 2.32. The van der Waals surface area contributed by atoms with E-state index in [9.17, 15) is 18.0 Å². The Labute approximate surface area is 102 Å². The molecule has 0 saturated heterocycles. The van der Waals surface area contributed by atoms with Crippen molar-refractivity contribution in [3.63, 3.8) is 0 Å². The van der Waals surface area contributed by atoms with Crippen molar-refractivity contribution >= 4 is 21.8 Å². The van der Waals surface area contributed by atoms with Crippen LogP contribution in [0.3, 0.4) is 0 Å². The molecule has 0 atom stereocenters. The molecule has 0 aromatic carbocycles. The minimum absolute atomic E-state index is 0.102. The molecule has 0 aliphatic heterocycles. The maximum atomic E-state index is 12.2. The van der Waals surface area contributed by atoms with Gasteiger partial charge >= 0.3 is 6.18 Å². The first-order valence-corrected chi connectivity index (χ1v) is 6.43. The average molecular weight is 304 g/mol. The molecule has 0 spiro atoms. The minimum atomic E-state index is -4.32. The standard InChI is InChI=1S/C10H17BrF3NO/c1-2-3-4-5-9(16)15(7-6-11)8-10(12,13)14/h2-8H2,1H3. The Kier molecular flexibility index (Phi) is 7.80. The van der Waals surface area contributed by atoms with Gasteiger partial charge < -0.3 is 4.90 Å². The van der Waals surface area contributed by atoms with Gasteiger partial charge in [0, 0.05) is 18.3 Å². The van der Waals surface area contributed by atoms with Crippen LogP contribution in [0.5, 0.6) is 0 Å². The summed E-state index contributed by atoms with van der Waals surface area (Å²) < 4.78 is 36.5. The highest BCUT2D eigenvalue weighted by molar-refractivity contribution is 9.09. The molecule has 0 aliphatic rings. The number of hydrogen-bond donors (Lipinski definition) is 0. The topological polar surface area (TPSA) is 20.3 Å². The van der Waals surface area contributed by atoms with Gasteiger partial charge in [0.05, 0.1) is 0 Å². The van der Waals surface area contributed by atoms with Gasteiger partial charge in [0.2, 0.25) is 5.91 Å². The van der Waals surface area contributed by atoms with Gasteiger partial charge in [-0.1, -0.05) is 35.7 Å². The van der Waals surface area contributed by atoms with E-state index in [2.05, 4.69) is 15.9 Å². The van der Waals surface area contributed by atoms with E-state index in [1.807, 2.05) is 6.92 Å². The molecule has 0 aromatic heterocycles. The third-order valence-electron chi connectivity index (χ3n) is 2.07. The highest BCUT2D eigenvalue weighted by atomic mass is 79.9. The zero-order valence-corrected chi connectivity index (χ0v) is 10.9. The molecule has 2 nitrogen and oxygen atoms in total. The van der Waals surface area contributed by atoms with Gasteiger partial charge in [-0.05, 0) is 6.42 Å². The lowest BCUT2D eigenvalue weighted by atomic mass is 10.2. The molecule has 96 valence electrons. The SMILES string of the molecule is CCCCCC(=O)N(CCBr)CC(F)(F)F. The van der Waals surface area contributed by atoms with E-state index in [-0.39, 0.29) is 13.0 Å². The molecule has 0 aliphatic carbocycles. The molecule has 0 fully saturated rings. The lowest BCUT2D eigenvalue weighted by molar-refractivity contribution is -0.160. The van der Waals surface area contributed by atoms with Crippen molar-refractivity contribution < 1.29 is 18.0 Å². The molecule has 0 aromatic rings. The van der Waals surface area contributed by atoms with Crippen molar-refractivity contribution in [2.75, 3.05) is 18.4 Å². The second-order valence-corrected chi connectivity index (χ2v) is 4.37. The van der Waals surface area contributed by atoms with Crippen LogP contribution in [0.2, 0.25) is 0 Å². The Balaban J connectivity index is 4.13. The molecule has 1 amide bonds. The van der Waals surface area contributed by atoms with E-state index in [1.54, 1.807) is 0 Å². The number of nitrogens with zero attached hydrogens (tertiary/aromatic N) is 1. The highest BCUT2D eigenvalue weighted by Crippen LogP contribution is 2.17. The summed E-state index contributed by atoms with van der Waals surface area (Å²) in [5.74, 6) is -0.412. The van der Waals surface area contributed by atoms with E-state index in [0.29, 0.717) is 11.8 Å². The van der Waals surface area contributed by atoms with E-state index in [4.69, 9.17) is 0 Å². The molecule has 0 bridgehead atoms. The van der Waals surface area contributed by atoms with Crippen molar-refractivity contribution in [2.24, 2.45) is 0 Å². The Morgan fingerprint density at radius 1 is 1.31 bits per heavy atom. The summed E-state index contributed by atoms with van der Waals surface area (Å²) in [5.41, 5.74) is 0. The first-order chi connectivity index (χ1) is 7.40. The Morgan fingerprint density at radius 3 is 2.38 bits per heavy atom. The first-order valence-electron chi connectivity index (χ1n) is 5.31. The molecule has 0 radical (unpaired) electrons. The van der Waals surface area contributed by atoms with Crippen LogP contribution in [0.1, 0.15) is 32.6 Å². The summed E-state index contributed by atoms with van der Waals surface area (Å²) in [6.07, 6.45) is -1.63. The number of alkyl halides is 4. The molecule has 0 saturated carbocycles. The van der Waals surface area contributed by atoms with E-state index < -0.39 is 18.6 Å². The number of hydrogen-bond acceptors (Lipinski definition) is 1. The predicted molar refractivity (Wildman–Crippen MR) is 60.6 cm³/mol. The summed E-state index contributed by atoms with van der Waals surface area (Å²) >= 11 is 3.05. The summed E-state index contributed by atoms with van der Waals surface area (Å²) in [6, 6.07) is 0. The fourth-order valence-electron chi connectivity index (χ4n) is 1.29. The fourth-order valence-corrected chi connectivity index (χ4v) is 1.72. The third kappa shape index (κ3) is 7.96. The van der Waals surface area contributed by atoms with Gasteiger partial charge in [0.15, 0.2) is 0 Å². The number of halogens is 4. The van der Waals surface area contributed by atoms with Gasteiger partial charge in [0.1, 0.15) is 6.54 Å². The Hall–Kier alpha value is -0.260. The third-order valence-corrected chi connectivity index (χ3v) is 2.43. The molecule has 6 heteroatoms. The Morgan fingerprint density at radius 2 is 1.94 bits per heavy atom. The van der Waals surface area contributed by atoms with Crippen LogP contribution in [0.15, 0.2) is 0 Å². The van der Waals surface area contributed by atoms with Crippen LogP contribution in [-0.2, 0) is 4.79 Å². The number of amides is 1. The second kappa shape index (κ2) is 7.92. The second-order valence-electron chi connectivity index (χ2n) is 3.58. The number of unbranched alkanes of at least 4 members (excludes halogenated alkanes) is 2. The van der Waals surface area contributed by atoms with Gasteiger partial charge in [-0.2, -0.15) is 13.2 Å². The zero-order valence-electron chi connectivity index (χ0n) is 9.32. The van der Waals surface area contributed by atoms with Crippen molar-refractivity contribution in [2.45, 2.75) is 38.8 Å².